The van der Waals surface area contributed by atoms with Crippen LogP contribution >= 0.6 is 0 Å². The zero-order chi connectivity index (χ0) is 22.0. The second-order valence-electron chi connectivity index (χ2n) is 8.15. The summed E-state index contributed by atoms with van der Waals surface area (Å²) in [4.78, 5) is 12.7. The van der Waals surface area contributed by atoms with Crippen LogP contribution in [0.4, 0.5) is 0 Å². The fourth-order valence-corrected chi connectivity index (χ4v) is 5.75. The zero-order valence-corrected chi connectivity index (χ0v) is 18.7. The van der Waals surface area contributed by atoms with Gasteiger partial charge in [-0.2, -0.15) is 9.40 Å². The molecule has 1 aliphatic rings. The van der Waals surface area contributed by atoms with E-state index in [1.54, 1.807) is 16.4 Å². The average Bonchev–Trinajstić information content (AvgIpc) is 2.76. The summed E-state index contributed by atoms with van der Waals surface area (Å²) >= 11 is 0. The summed E-state index contributed by atoms with van der Waals surface area (Å²) in [5, 5.41) is 4.53. The van der Waals surface area contributed by atoms with Gasteiger partial charge in [-0.05, 0) is 49.9 Å². The number of aryl methyl sites for hydroxylation is 2. The molecule has 4 rings (SSSR count). The first kappa shape index (κ1) is 21.5. The number of benzene rings is 2. The maximum atomic E-state index is 13.2. The molecule has 2 heterocycles. The van der Waals surface area contributed by atoms with Gasteiger partial charge >= 0.3 is 0 Å². The van der Waals surface area contributed by atoms with Crippen LogP contribution in [-0.2, 0) is 16.6 Å². The van der Waals surface area contributed by atoms with E-state index in [0.717, 1.165) is 30.4 Å². The second kappa shape index (κ2) is 8.77. The maximum Gasteiger partial charge on any atom is 0.267 e. The van der Waals surface area contributed by atoms with Crippen molar-refractivity contribution in [1.29, 1.82) is 0 Å². The van der Waals surface area contributed by atoms with Gasteiger partial charge in [0.15, 0.2) is 0 Å². The van der Waals surface area contributed by atoms with Crippen molar-refractivity contribution in [1.82, 2.24) is 14.1 Å². The highest BCUT2D eigenvalue weighted by Gasteiger charge is 2.27. The molecule has 3 aromatic rings. The van der Waals surface area contributed by atoms with E-state index in [4.69, 9.17) is 0 Å². The fourth-order valence-electron chi connectivity index (χ4n) is 3.98. The SMILES string of the molecule is Cc1cccc(Cn2nc(-c3ccc(C)c(S(=O)(=O)N4CCCCC4)c3)ccc2=O)c1. The predicted molar refractivity (Wildman–Crippen MR) is 122 cm³/mol. The summed E-state index contributed by atoms with van der Waals surface area (Å²) in [5.74, 6) is 0. The van der Waals surface area contributed by atoms with Crippen LogP contribution in [0.2, 0.25) is 0 Å². The molecular weight excluding hydrogens is 410 g/mol. The Kier molecular flexibility index (Phi) is 6.07. The third-order valence-corrected chi connectivity index (χ3v) is 7.74. The maximum absolute atomic E-state index is 13.2. The number of rotatable bonds is 5. The van der Waals surface area contributed by atoms with Crippen molar-refractivity contribution >= 4 is 10.0 Å². The van der Waals surface area contributed by atoms with E-state index in [0.29, 0.717) is 41.4 Å². The quantitative estimate of drug-likeness (QED) is 0.609. The molecule has 6 nitrogen and oxygen atoms in total. The van der Waals surface area contributed by atoms with Crippen molar-refractivity contribution in [2.24, 2.45) is 0 Å². The number of hydrogen-bond acceptors (Lipinski definition) is 4. The first-order valence-corrected chi connectivity index (χ1v) is 12.0. The Balaban J connectivity index is 1.70. The Labute approximate surface area is 183 Å². The molecule has 0 aliphatic carbocycles. The van der Waals surface area contributed by atoms with Crippen LogP contribution < -0.4 is 5.56 Å². The highest BCUT2D eigenvalue weighted by Crippen LogP contribution is 2.27. The molecule has 0 radical (unpaired) electrons. The van der Waals surface area contributed by atoms with Gasteiger partial charge in [-0.15, -0.1) is 0 Å². The van der Waals surface area contributed by atoms with E-state index in [9.17, 15) is 13.2 Å². The number of nitrogens with zero attached hydrogens (tertiary/aromatic N) is 3. The number of aromatic nitrogens is 2. The minimum absolute atomic E-state index is 0.196. The molecule has 162 valence electrons. The van der Waals surface area contributed by atoms with Gasteiger partial charge in [0, 0.05) is 24.7 Å². The standard InChI is InChI=1S/C24H27N3O3S/c1-18-7-6-8-20(15-18)17-27-24(28)12-11-22(25-27)21-10-9-19(2)23(16-21)31(29,30)26-13-4-3-5-14-26/h6-12,15-16H,3-5,13-14,17H2,1-2H3. The summed E-state index contributed by atoms with van der Waals surface area (Å²) < 4.78 is 29.5. The minimum Gasteiger partial charge on any atom is -0.268 e. The lowest BCUT2D eigenvalue weighted by molar-refractivity contribution is 0.346. The van der Waals surface area contributed by atoms with Gasteiger partial charge in [-0.3, -0.25) is 4.79 Å². The Morgan fingerprint density at radius 2 is 1.71 bits per heavy atom. The van der Waals surface area contributed by atoms with Gasteiger partial charge in [0.2, 0.25) is 10.0 Å². The van der Waals surface area contributed by atoms with E-state index in [1.807, 2.05) is 50.2 Å². The summed E-state index contributed by atoms with van der Waals surface area (Å²) in [6, 6.07) is 16.4. The van der Waals surface area contributed by atoms with E-state index in [1.165, 1.54) is 10.7 Å². The molecular formula is C24H27N3O3S. The van der Waals surface area contributed by atoms with Crippen LogP contribution in [0.15, 0.2) is 64.3 Å². The third-order valence-electron chi connectivity index (χ3n) is 5.70. The minimum atomic E-state index is -3.56. The van der Waals surface area contributed by atoms with Crippen molar-refractivity contribution in [3.8, 4) is 11.3 Å². The molecule has 31 heavy (non-hydrogen) atoms. The van der Waals surface area contributed by atoms with E-state index < -0.39 is 10.0 Å². The Morgan fingerprint density at radius 3 is 2.45 bits per heavy atom. The van der Waals surface area contributed by atoms with Crippen molar-refractivity contribution in [3.63, 3.8) is 0 Å². The van der Waals surface area contributed by atoms with Gasteiger partial charge in [0.1, 0.15) is 0 Å². The first-order chi connectivity index (χ1) is 14.8. The molecule has 0 N–H and O–H groups in total. The van der Waals surface area contributed by atoms with Crippen LogP contribution in [0.1, 0.15) is 36.0 Å². The molecule has 1 aromatic heterocycles. The van der Waals surface area contributed by atoms with Crippen LogP contribution in [0.5, 0.6) is 0 Å². The van der Waals surface area contributed by atoms with Crippen molar-refractivity contribution in [3.05, 3.63) is 81.6 Å². The molecule has 0 spiro atoms. The van der Waals surface area contributed by atoms with Crippen LogP contribution in [0.25, 0.3) is 11.3 Å². The van der Waals surface area contributed by atoms with Crippen molar-refractivity contribution in [2.45, 2.75) is 44.6 Å². The Hall–Kier alpha value is -2.77. The summed E-state index contributed by atoms with van der Waals surface area (Å²) in [6.07, 6.45) is 2.85. The molecule has 1 saturated heterocycles. The number of hydrogen-bond donors (Lipinski definition) is 0. The van der Waals surface area contributed by atoms with Gasteiger partial charge < -0.3 is 0 Å². The Bertz CT molecular complexity index is 1260. The normalized spacial score (nSPS) is 15.2. The second-order valence-corrected chi connectivity index (χ2v) is 10.1. The molecule has 7 heteroatoms. The van der Waals surface area contributed by atoms with Gasteiger partial charge in [0.05, 0.1) is 17.1 Å². The van der Waals surface area contributed by atoms with Gasteiger partial charge in [-0.1, -0.05) is 48.4 Å². The lowest BCUT2D eigenvalue weighted by Gasteiger charge is -2.26. The van der Waals surface area contributed by atoms with Crippen molar-refractivity contribution in [2.75, 3.05) is 13.1 Å². The van der Waals surface area contributed by atoms with Crippen LogP contribution in [-0.4, -0.2) is 35.6 Å². The summed E-state index contributed by atoms with van der Waals surface area (Å²) in [7, 11) is -3.56. The molecule has 0 amide bonds. The molecule has 1 aliphatic heterocycles. The molecule has 0 bridgehead atoms. The van der Waals surface area contributed by atoms with Crippen molar-refractivity contribution < 1.29 is 8.42 Å². The number of sulfonamides is 1. The molecule has 0 unspecified atom stereocenters. The van der Waals surface area contributed by atoms with E-state index in [2.05, 4.69) is 5.10 Å². The summed E-state index contributed by atoms with van der Waals surface area (Å²) in [5.41, 5.74) is 3.87. The first-order valence-electron chi connectivity index (χ1n) is 10.6. The van der Waals surface area contributed by atoms with E-state index >= 15 is 0 Å². The van der Waals surface area contributed by atoms with Crippen LogP contribution in [0, 0.1) is 13.8 Å². The van der Waals surface area contributed by atoms with Gasteiger partial charge in [-0.25, -0.2) is 13.1 Å². The zero-order valence-electron chi connectivity index (χ0n) is 17.9. The Morgan fingerprint density at radius 1 is 0.935 bits per heavy atom. The van der Waals surface area contributed by atoms with E-state index in [-0.39, 0.29) is 5.56 Å². The third kappa shape index (κ3) is 4.62. The van der Waals surface area contributed by atoms with Gasteiger partial charge in [0.25, 0.3) is 5.56 Å². The largest absolute Gasteiger partial charge is 0.268 e. The lowest BCUT2D eigenvalue weighted by Crippen LogP contribution is -2.36. The van der Waals surface area contributed by atoms with Crippen LogP contribution in [0.3, 0.4) is 0 Å². The summed E-state index contributed by atoms with van der Waals surface area (Å²) in [6.45, 7) is 5.30. The predicted octanol–water partition coefficient (Wildman–Crippen LogP) is 3.75. The topological polar surface area (TPSA) is 72.3 Å². The monoisotopic (exact) mass is 437 g/mol. The molecule has 0 saturated carbocycles. The average molecular weight is 438 g/mol. The lowest BCUT2D eigenvalue weighted by atomic mass is 10.1. The number of piperidine rings is 1. The molecule has 2 aromatic carbocycles. The molecule has 0 atom stereocenters. The smallest absolute Gasteiger partial charge is 0.267 e. The fraction of sp³-hybridized carbons (Fsp3) is 0.333. The highest BCUT2D eigenvalue weighted by atomic mass is 32.2. The highest BCUT2D eigenvalue weighted by molar-refractivity contribution is 7.89. The molecule has 1 fully saturated rings.